The normalized spacial score (nSPS) is 32.3. The number of imidazole rings is 1. The molecule has 0 aliphatic heterocycles. The molecule has 2 heteroatoms. The fourth-order valence-corrected chi connectivity index (χ4v) is 1.69. The van der Waals surface area contributed by atoms with Crippen LogP contribution in [-0.2, 0) is 5.41 Å². The molecule has 68 valence electrons. The molecule has 2 unspecified atom stereocenters. The van der Waals surface area contributed by atoms with Crippen LogP contribution >= 0.6 is 0 Å². The number of aromatic amines is 1. The van der Waals surface area contributed by atoms with Crippen LogP contribution in [0.1, 0.15) is 19.7 Å². The molecule has 0 fully saturated rings. The lowest BCUT2D eigenvalue weighted by atomic mass is 9.75. The van der Waals surface area contributed by atoms with Crippen LogP contribution in [-0.4, -0.2) is 9.97 Å². The monoisotopic (exact) mass is 174 g/mol. The third kappa shape index (κ3) is 1.22. The second-order valence-electron chi connectivity index (χ2n) is 3.75. The molecule has 2 rings (SSSR count). The van der Waals surface area contributed by atoms with E-state index >= 15 is 0 Å². The lowest BCUT2D eigenvalue weighted by Crippen LogP contribution is -2.29. The molecule has 1 heterocycles. The van der Waals surface area contributed by atoms with Crippen molar-refractivity contribution in [3.8, 4) is 0 Å². The van der Waals surface area contributed by atoms with Crippen molar-refractivity contribution >= 4 is 0 Å². The van der Waals surface area contributed by atoms with Crippen LogP contribution in [0.25, 0.3) is 0 Å². The Morgan fingerprint density at radius 3 is 2.92 bits per heavy atom. The Morgan fingerprint density at radius 2 is 2.31 bits per heavy atom. The third-order valence-corrected chi connectivity index (χ3v) is 2.91. The van der Waals surface area contributed by atoms with Gasteiger partial charge in [-0.15, -0.1) is 0 Å². The van der Waals surface area contributed by atoms with E-state index in [-0.39, 0.29) is 5.41 Å². The van der Waals surface area contributed by atoms with Gasteiger partial charge in [0.15, 0.2) is 0 Å². The summed E-state index contributed by atoms with van der Waals surface area (Å²) in [6.07, 6.45) is 12.3. The maximum atomic E-state index is 4.32. The van der Waals surface area contributed by atoms with Crippen LogP contribution < -0.4 is 0 Å². The highest BCUT2D eigenvalue weighted by molar-refractivity contribution is 5.28. The van der Waals surface area contributed by atoms with Gasteiger partial charge in [0.25, 0.3) is 0 Å². The van der Waals surface area contributed by atoms with Gasteiger partial charge in [0, 0.05) is 17.8 Å². The molecule has 0 saturated carbocycles. The first-order valence-electron chi connectivity index (χ1n) is 4.59. The number of nitrogens with zero attached hydrogens (tertiary/aromatic N) is 1. The highest BCUT2D eigenvalue weighted by atomic mass is 14.9. The first-order valence-corrected chi connectivity index (χ1v) is 4.59. The van der Waals surface area contributed by atoms with Crippen molar-refractivity contribution in [2.24, 2.45) is 5.92 Å². The van der Waals surface area contributed by atoms with Crippen LogP contribution in [0.5, 0.6) is 0 Å². The van der Waals surface area contributed by atoms with Gasteiger partial charge in [-0.1, -0.05) is 31.2 Å². The van der Waals surface area contributed by atoms with Gasteiger partial charge in [0.2, 0.25) is 0 Å². The molecule has 2 nitrogen and oxygen atoms in total. The molecule has 1 aromatic heterocycles. The summed E-state index contributed by atoms with van der Waals surface area (Å²) in [4.78, 5) is 7.50. The maximum Gasteiger partial charge on any atom is 0.116 e. The lowest BCUT2D eigenvalue weighted by Gasteiger charge is -2.30. The molecule has 0 bridgehead atoms. The average molecular weight is 174 g/mol. The highest BCUT2D eigenvalue weighted by Gasteiger charge is 2.32. The van der Waals surface area contributed by atoms with E-state index in [1.165, 1.54) is 0 Å². The Hall–Kier alpha value is -1.31. The first-order chi connectivity index (χ1) is 6.23. The van der Waals surface area contributed by atoms with Crippen molar-refractivity contribution in [3.05, 3.63) is 42.5 Å². The van der Waals surface area contributed by atoms with Gasteiger partial charge in [-0.05, 0) is 12.8 Å². The predicted octanol–water partition coefficient (Wildman–Crippen LogP) is 2.43. The number of H-pyrrole nitrogens is 1. The summed E-state index contributed by atoms with van der Waals surface area (Å²) in [6.45, 7) is 4.42. The standard InChI is InChI=1S/C11H14N2/c1-9-5-3-4-6-11(9,2)10-12-7-8-13-10/h3-9H,1-2H3,(H,12,13). The molecule has 2 atom stereocenters. The van der Waals surface area contributed by atoms with Crippen molar-refractivity contribution in [2.45, 2.75) is 19.3 Å². The minimum absolute atomic E-state index is 0.0260. The first kappa shape index (κ1) is 8.30. The van der Waals surface area contributed by atoms with E-state index in [9.17, 15) is 0 Å². The molecule has 0 spiro atoms. The molecule has 1 aromatic rings. The average Bonchev–Trinajstić information content (AvgIpc) is 2.63. The molecule has 0 saturated heterocycles. The summed E-state index contributed by atoms with van der Waals surface area (Å²) in [5.74, 6) is 1.53. The summed E-state index contributed by atoms with van der Waals surface area (Å²) >= 11 is 0. The molecule has 0 radical (unpaired) electrons. The van der Waals surface area contributed by atoms with Crippen LogP contribution in [0, 0.1) is 5.92 Å². The minimum atomic E-state index is 0.0260. The zero-order valence-corrected chi connectivity index (χ0v) is 7.99. The number of rotatable bonds is 1. The number of aromatic nitrogens is 2. The van der Waals surface area contributed by atoms with Gasteiger partial charge in [-0.25, -0.2) is 4.98 Å². The molecule has 0 aromatic carbocycles. The van der Waals surface area contributed by atoms with Gasteiger partial charge in [0.05, 0.1) is 0 Å². The predicted molar refractivity (Wildman–Crippen MR) is 53.4 cm³/mol. The summed E-state index contributed by atoms with van der Waals surface area (Å²) in [5.41, 5.74) is 0.0260. The Morgan fingerprint density at radius 1 is 1.46 bits per heavy atom. The van der Waals surface area contributed by atoms with Crippen molar-refractivity contribution in [1.82, 2.24) is 9.97 Å². The Bertz CT molecular complexity index is 335. The van der Waals surface area contributed by atoms with E-state index in [4.69, 9.17) is 0 Å². The molecule has 13 heavy (non-hydrogen) atoms. The quantitative estimate of drug-likeness (QED) is 0.696. The fourth-order valence-electron chi connectivity index (χ4n) is 1.69. The van der Waals surface area contributed by atoms with Gasteiger partial charge >= 0.3 is 0 Å². The van der Waals surface area contributed by atoms with E-state index < -0.39 is 0 Å². The molecular formula is C11H14N2. The van der Waals surface area contributed by atoms with Crippen LogP contribution in [0.15, 0.2) is 36.7 Å². The number of hydrogen-bond acceptors (Lipinski definition) is 1. The third-order valence-electron chi connectivity index (χ3n) is 2.91. The van der Waals surface area contributed by atoms with Crippen LogP contribution in [0.3, 0.4) is 0 Å². The van der Waals surface area contributed by atoms with E-state index in [1.807, 2.05) is 6.20 Å². The van der Waals surface area contributed by atoms with E-state index in [2.05, 4.69) is 48.1 Å². The van der Waals surface area contributed by atoms with Crippen LogP contribution in [0.4, 0.5) is 0 Å². The van der Waals surface area contributed by atoms with E-state index in [0.29, 0.717) is 5.92 Å². The van der Waals surface area contributed by atoms with Gasteiger partial charge in [0.1, 0.15) is 5.82 Å². The minimum Gasteiger partial charge on any atom is -0.348 e. The Balaban J connectivity index is 2.41. The fraction of sp³-hybridized carbons (Fsp3) is 0.364. The van der Waals surface area contributed by atoms with Crippen molar-refractivity contribution in [1.29, 1.82) is 0 Å². The van der Waals surface area contributed by atoms with Crippen LogP contribution in [0.2, 0.25) is 0 Å². The SMILES string of the molecule is CC1C=CC=CC1(C)c1ncc[nH]1. The number of allylic oxidation sites excluding steroid dienone is 4. The largest absolute Gasteiger partial charge is 0.348 e. The van der Waals surface area contributed by atoms with Crippen molar-refractivity contribution in [3.63, 3.8) is 0 Å². The summed E-state index contributed by atoms with van der Waals surface area (Å²) in [5, 5.41) is 0. The zero-order valence-electron chi connectivity index (χ0n) is 7.99. The molecule has 1 aliphatic rings. The van der Waals surface area contributed by atoms with Gasteiger partial charge in [-0.3, -0.25) is 0 Å². The van der Waals surface area contributed by atoms with Gasteiger partial charge in [-0.2, -0.15) is 0 Å². The second kappa shape index (κ2) is 2.87. The topological polar surface area (TPSA) is 28.7 Å². The van der Waals surface area contributed by atoms with Gasteiger partial charge < -0.3 is 4.98 Å². The summed E-state index contributed by atoms with van der Waals surface area (Å²) in [6, 6.07) is 0. The summed E-state index contributed by atoms with van der Waals surface area (Å²) < 4.78 is 0. The zero-order chi connectivity index (χ0) is 9.31. The number of hydrogen-bond donors (Lipinski definition) is 1. The van der Waals surface area contributed by atoms with E-state index in [1.54, 1.807) is 6.20 Å². The molecule has 1 N–H and O–H groups in total. The second-order valence-corrected chi connectivity index (χ2v) is 3.75. The molecular weight excluding hydrogens is 160 g/mol. The van der Waals surface area contributed by atoms with Crippen molar-refractivity contribution in [2.75, 3.05) is 0 Å². The molecule has 0 amide bonds. The molecule has 1 aliphatic carbocycles. The van der Waals surface area contributed by atoms with E-state index in [0.717, 1.165) is 5.82 Å². The highest BCUT2D eigenvalue weighted by Crippen LogP contribution is 2.34. The Labute approximate surface area is 78.4 Å². The van der Waals surface area contributed by atoms with Crippen molar-refractivity contribution < 1.29 is 0 Å². The summed E-state index contributed by atoms with van der Waals surface area (Å²) in [7, 11) is 0. The lowest BCUT2D eigenvalue weighted by molar-refractivity contribution is 0.435. The number of nitrogens with one attached hydrogen (secondary N) is 1. The Kier molecular flexibility index (Phi) is 1.83. The maximum absolute atomic E-state index is 4.32. The smallest absolute Gasteiger partial charge is 0.116 e.